The van der Waals surface area contributed by atoms with Crippen molar-refractivity contribution in [1.82, 2.24) is 14.9 Å². The van der Waals surface area contributed by atoms with Crippen LogP contribution in [-0.4, -0.2) is 50.8 Å². The molecule has 2 aromatic carbocycles. The molecular formula is C23H25FN4O5S. The van der Waals surface area contributed by atoms with Crippen molar-refractivity contribution in [3.8, 4) is 5.75 Å². The molecule has 3 heterocycles. The summed E-state index contributed by atoms with van der Waals surface area (Å²) in [5.41, 5.74) is 1.71. The zero-order valence-corrected chi connectivity index (χ0v) is 19.2. The number of benzene rings is 2. The van der Waals surface area contributed by atoms with E-state index in [0.29, 0.717) is 31.5 Å². The molecule has 180 valence electrons. The molecule has 2 N–H and O–H groups in total. The van der Waals surface area contributed by atoms with E-state index < -0.39 is 28.5 Å². The van der Waals surface area contributed by atoms with E-state index in [2.05, 4.69) is 10.2 Å². The van der Waals surface area contributed by atoms with Crippen molar-refractivity contribution in [1.29, 1.82) is 0 Å². The Morgan fingerprint density at radius 2 is 1.88 bits per heavy atom. The van der Waals surface area contributed by atoms with Crippen molar-refractivity contribution in [2.24, 2.45) is 0 Å². The average Bonchev–Trinajstić information content (AvgIpc) is 3.33. The normalized spacial score (nSPS) is 21.8. The van der Waals surface area contributed by atoms with E-state index in [1.54, 1.807) is 6.07 Å². The van der Waals surface area contributed by atoms with E-state index in [9.17, 15) is 18.0 Å². The SMILES string of the molecule is O=C1CC[C@@H](CN2CCc3cc(OCc4ccccc4)c(N4CC(=O)NS4(=O)=O)c(F)c3C2)N1. The summed E-state index contributed by atoms with van der Waals surface area (Å²) in [6.07, 6.45) is 1.78. The van der Waals surface area contributed by atoms with Gasteiger partial charge in [-0.1, -0.05) is 30.3 Å². The Hall–Kier alpha value is -3.18. The van der Waals surface area contributed by atoms with Crippen LogP contribution >= 0.6 is 0 Å². The molecule has 5 rings (SSSR count). The van der Waals surface area contributed by atoms with Crippen LogP contribution in [0.3, 0.4) is 0 Å². The topological polar surface area (TPSA) is 108 Å². The van der Waals surface area contributed by atoms with Crippen LogP contribution < -0.4 is 19.1 Å². The minimum atomic E-state index is -4.23. The Bertz CT molecular complexity index is 1240. The van der Waals surface area contributed by atoms with Gasteiger partial charge < -0.3 is 10.1 Å². The summed E-state index contributed by atoms with van der Waals surface area (Å²) in [5.74, 6) is -1.34. The Morgan fingerprint density at radius 1 is 1.09 bits per heavy atom. The first-order chi connectivity index (χ1) is 16.3. The number of amides is 2. The fourth-order valence-electron chi connectivity index (χ4n) is 4.69. The summed E-state index contributed by atoms with van der Waals surface area (Å²) >= 11 is 0. The highest BCUT2D eigenvalue weighted by Crippen LogP contribution is 2.40. The monoisotopic (exact) mass is 488 g/mol. The highest BCUT2D eigenvalue weighted by Gasteiger charge is 2.39. The first-order valence-electron chi connectivity index (χ1n) is 11.2. The molecular weight excluding hydrogens is 463 g/mol. The third kappa shape index (κ3) is 4.45. The highest BCUT2D eigenvalue weighted by atomic mass is 32.2. The fraction of sp³-hybridized carbons (Fsp3) is 0.391. The molecule has 0 spiro atoms. The maximum Gasteiger partial charge on any atom is 0.326 e. The Labute approximate surface area is 197 Å². The number of fused-ring (bicyclic) bond motifs is 1. The van der Waals surface area contributed by atoms with Crippen molar-refractivity contribution >= 4 is 27.7 Å². The Kier molecular flexibility index (Phi) is 5.90. The van der Waals surface area contributed by atoms with Gasteiger partial charge in [0.05, 0.1) is 0 Å². The van der Waals surface area contributed by atoms with E-state index in [0.717, 1.165) is 21.9 Å². The lowest BCUT2D eigenvalue weighted by Gasteiger charge is -2.32. The number of anilines is 1. The number of halogens is 1. The van der Waals surface area contributed by atoms with Crippen molar-refractivity contribution in [2.75, 3.05) is 23.9 Å². The number of nitrogens with one attached hydrogen (secondary N) is 2. The quantitative estimate of drug-likeness (QED) is 0.633. The molecule has 3 aliphatic heterocycles. The molecule has 1 atom stereocenters. The molecule has 2 aromatic rings. The minimum Gasteiger partial charge on any atom is -0.487 e. The second kappa shape index (κ2) is 8.88. The number of carbonyl (C=O) groups is 2. The lowest BCUT2D eigenvalue weighted by atomic mass is 9.97. The van der Waals surface area contributed by atoms with Crippen LogP contribution in [-0.2, 0) is 39.4 Å². The molecule has 2 saturated heterocycles. The first-order valence-corrected chi connectivity index (χ1v) is 12.6. The van der Waals surface area contributed by atoms with Gasteiger partial charge in [-0.3, -0.25) is 14.5 Å². The van der Waals surface area contributed by atoms with Crippen LogP contribution in [0.15, 0.2) is 36.4 Å². The summed E-state index contributed by atoms with van der Waals surface area (Å²) in [5, 5.41) is 2.93. The predicted octanol–water partition coefficient (Wildman–Crippen LogP) is 1.22. The second-order valence-electron chi connectivity index (χ2n) is 8.77. The maximum absolute atomic E-state index is 16.0. The number of ether oxygens (including phenoxy) is 1. The number of nitrogens with zero attached hydrogens (tertiary/aromatic N) is 2. The molecule has 3 aliphatic rings. The predicted molar refractivity (Wildman–Crippen MR) is 122 cm³/mol. The van der Waals surface area contributed by atoms with Gasteiger partial charge in [-0.25, -0.2) is 13.4 Å². The van der Waals surface area contributed by atoms with Crippen LogP contribution in [0.5, 0.6) is 5.75 Å². The fourth-order valence-corrected chi connectivity index (χ4v) is 5.85. The van der Waals surface area contributed by atoms with Gasteiger partial charge in [0.1, 0.15) is 24.6 Å². The van der Waals surface area contributed by atoms with Crippen LogP contribution in [0.25, 0.3) is 0 Å². The Balaban J connectivity index is 1.48. The lowest BCUT2D eigenvalue weighted by Crippen LogP contribution is -2.41. The average molecular weight is 489 g/mol. The summed E-state index contributed by atoms with van der Waals surface area (Å²) in [4.78, 5) is 25.4. The molecule has 2 amide bonds. The van der Waals surface area contributed by atoms with Crippen molar-refractivity contribution in [2.45, 2.75) is 38.5 Å². The molecule has 9 nitrogen and oxygen atoms in total. The summed E-state index contributed by atoms with van der Waals surface area (Å²) in [6.45, 7) is 1.15. The second-order valence-corrected chi connectivity index (χ2v) is 10.4. The van der Waals surface area contributed by atoms with Crippen molar-refractivity contribution < 1.29 is 27.1 Å². The smallest absolute Gasteiger partial charge is 0.326 e. The van der Waals surface area contributed by atoms with Crippen LogP contribution in [0.1, 0.15) is 29.5 Å². The zero-order chi connectivity index (χ0) is 23.9. The highest BCUT2D eigenvalue weighted by molar-refractivity contribution is 7.92. The van der Waals surface area contributed by atoms with Gasteiger partial charge in [-0.05, 0) is 30.0 Å². The molecule has 0 aliphatic carbocycles. The third-order valence-corrected chi connectivity index (χ3v) is 7.73. The van der Waals surface area contributed by atoms with Gasteiger partial charge in [0.2, 0.25) is 5.91 Å². The van der Waals surface area contributed by atoms with Gasteiger partial charge in [0, 0.05) is 37.7 Å². The first kappa shape index (κ1) is 22.6. The van der Waals surface area contributed by atoms with Crippen molar-refractivity contribution in [3.05, 3.63) is 58.9 Å². The maximum atomic E-state index is 16.0. The minimum absolute atomic E-state index is 0.0193. The van der Waals surface area contributed by atoms with Gasteiger partial charge >= 0.3 is 10.2 Å². The number of rotatable bonds is 6. The number of hydrogen-bond acceptors (Lipinski definition) is 6. The molecule has 34 heavy (non-hydrogen) atoms. The molecule has 0 radical (unpaired) electrons. The summed E-state index contributed by atoms with van der Waals surface area (Å²) < 4.78 is 49.7. The Morgan fingerprint density at radius 3 is 2.56 bits per heavy atom. The molecule has 0 bridgehead atoms. The van der Waals surface area contributed by atoms with Gasteiger partial charge in [-0.2, -0.15) is 8.42 Å². The van der Waals surface area contributed by atoms with Gasteiger partial charge in [0.15, 0.2) is 5.82 Å². The van der Waals surface area contributed by atoms with E-state index in [1.807, 2.05) is 35.1 Å². The van der Waals surface area contributed by atoms with Crippen LogP contribution in [0.4, 0.5) is 10.1 Å². The van der Waals surface area contributed by atoms with E-state index in [4.69, 9.17) is 4.74 Å². The molecule has 0 unspecified atom stereocenters. The number of carbonyl (C=O) groups excluding carboxylic acids is 2. The molecule has 0 aromatic heterocycles. The van der Waals surface area contributed by atoms with Crippen molar-refractivity contribution in [3.63, 3.8) is 0 Å². The third-order valence-electron chi connectivity index (χ3n) is 6.35. The standard InChI is InChI=1S/C23H25FN4O5S/c24-22-18-12-27(11-17-6-7-20(29)25-17)9-8-16(18)10-19(33-14-15-4-2-1-3-5-15)23(22)28-13-21(30)26-34(28,31)32/h1-5,10,17H,6-9,11-14H2,(H,25,29)(H,26,30)/t17-/m0/s1. The van der Waals surface area contributed by atoms with Crippen LogP contribution in [0.2, 0.25) is 0 Å². The molecule has 11 heteroatoms. The van der Waals surface area contributed by atoms with E-state index in [-0.39, 0.29) is 36.5 Å². The van der Waals surface area contributed by atoms with Gasteiger partial charge in [0.25, 0.3) is 5.91 Å². The van der Waals surface area contributed by atoms with Crippen LogP contribution in [0, 0.1) is 5.82 Å². The number of hydrogen-bond donors (Lipinski definition) is 2. The van der Waals surface area contributed by atoms with Gasteiger partial charge in [-0.15, -0.1) is 0 Å². The molecule has 0 saturated carbocycles. The summed E-state index contributed by atoms with van der Waals surface area (Å²) in [6, 6.07) is 11.0. The zero-order valence-electron chi connectivity index (χ0n) is 18.4. The molecule has 2 fully saturated rings. The lowest BCUT2D eigenvalue weighted by molar-refractivity contribution is -0.119. The summed E-state index contributed by atoms with van der Waals surface area (Å²) in [7, 11) is -4.23. The largest absolute Gasteiger partial charge is 0.487 e. The van der Waals surface area contributed by atoms with E-state index >= 15 is 4.39 Å². The van der Waals surface area contributed by atoms with E-state index in [1.165, 1.54) is 0 Å².